The number of hydrogen-bond acceptors (Lipinski definition) is 3. The molecule has 0 radical (unpaired) electrons. The Morgan fingerprint density at radius 1 is 1.39 bits per heavy atom. The zero-order valence-electron chi connectivity index (χ0n) is 10.5. The van der Waals surface area contributed by atoms with E-state index in [1.807, 2.05) is 6.07 Å². The molecule has 1 aromatic rings. The van der Waals surface area contributed by atoms with Gasteiger partial charge in [0.25, 0.3) is 0 Å². The number of nitrogens with zero attached hydrogens (tertiary/aromatic N) is 2. The number of rotatable bonds is 2. The van der Waals surface area contributed by atoms with E-state index in [2.05, 4.69) is 23.3 Å². The second-order valence-electron chi connectivity index (χ2n) is 4.72. The standard InChI is InChI=1S/C14H17N3O/c1-17-8-6-11(7-9-17)14(18)16-13-5-3-2-4-12(13)10-15/h2-5,11H,6-9H2,1H3,(H,16,18). The van der Waals surface area contributed by atoms with Gasteiger partial charge in [-0.2, -0.15) is 5.26 Å². The third-order valence-electron chi connectivity index (χ3n) is 3.39. The Morgan fingerprint density at radius 2 is 2.06 bits per heavy atom. The molecular formula is C14H17N3O. The number of nitriles is 1. The molecule has 4 nitrogen and oxygen atoms in total. The lowest BCUT2D eigenvalue weighted by Gasteiger charge is -2.28. The second kappa shape index (κ2) is 5.65. The Balaban J connectivity index is 2.01. The van der Waals surface area contributed by atoms with E-state index in [9.17, 15) is 4.79 Å². The van der Waals surface area contributed by atoms with Crippen LogP contribution in [0.2, 0.25) is 0 Å². The van der Waals surface area contributed by atoms with Crippen molar-refractivity contribution in [3.8, 4) is 6.07 Å². The van der Waals surface area contributed by atoms with Crippen LogP contribution in [-0.4, -0.2) is 30.9 Å². The van der Waals surface area contributed by atoms with Crippen molar-refractivity contribution in [2.24, 2.45) is 5.92 Å². The first-order valence-electron chi connectivity index (χ1n) is 6.19. The first-order chi connectivity index (χ1) is 8.70. The average Bonchev–Trinajstić information content (AvgIpc) is 2.40. The number of piperidine rings is 1. The zero-order chi connectivity index (χ0) is 13.0. The lowest BCUT2D eigenvalue weighted by atomic mass is 9.96. The van der Waals surface area contributed by atoms with Crippen molar-refractivity contribution >= 4 is 11.6 Å². The minimum absolute atomic E-state index is 0.0331. The topological polar surface area (TPSA) is 56.1 Å². The third-order valence-corrected chi connectivity index (χ3v) is 3.39. The van der Waals surface area contributed by atoms with Crippen LogP contribution < -0.4 is 5.32 Å². The van der Waals surface area contributed by atoms with E-state index in [1.54, 1.807) is 18.2 Å². The molecule has 0 unspecified atom stereocenters. The molecule has 0 atom stereocenters. The van der Waals surface area contributed by atoms with Crippen LogP contribution >= 0.6 is 0 Å². The van der Waals surface area contributed by atoms with Crippen LogP contribution in [0.1, 0.15) is 18.4 Å². The van der Waals surface area contributed by atoms with Crippen LogP contribution in [0.25, 0.3) is 0 Å². The van der Waals surface area contributed by atoms with Crippen LogP contribution in [0.15, 0.2) is 24.3 Å². The van der Waals surface area contributed by atoms with Gasteiger partial charge in [-0.05, 0) is 45.1 Å². The van der Waals surface area contributed by atoms with Crippen LogP contribution in [-0.2, 0) is 4.79 Å². The summed E-state index contributed by atoms with van der Waals surface area (Å²) in [5.74, 6) is 0.0961. The highest BCUT2D eigenvalue weighted by molar-refractivity contribution is 5.93. The predicted molar refractivity (Wildman–Crippen MR) is 70.0 cm³/mol. The zero-order valence-corrected chi connectivity index (χ0v) is 10.5. The Hall–Kier alpha value is -1.86. The molecule has 1 amide bonds. The summed E-state index contributed by atoms with van der Waals surface area (Å²) >= 11 is 0. The molecule has 1 saturated heterocycles. The number of hydrogen-bond donors (Lipinski definition) is 1. The molecule has 0 bridgehead atoms. The van der Waals surface area contributed by atoms with Crippen molar-refractivity contribution in [2.45, 2.75) is 12.8 Å². The van der Waals surface area contributed by atoms with E-state index in [0.717, 1.165) is 25.9 Å². The van der Waals surface area contributed by atoms with Gasteiger partial charge in [-0.25, -0.2) is 0 Å². The van der Waals surface area contributed by atoms with Gasteiger partial charge in [-0.3, -0.25) is 4.79 Å². The molecule has 1 aliphatic heterocycles. The highest BCUT2D eigenvalue weighted by Gasteiger charge is 2.23. The molecule has 1 aliphatic rings. The average molecular weight is 243 g/mol. The molecule has 1 heterocycles. The van der Waals surface area contributed by atoms with Gasteiger partial charge < -0.3 is 10.2 Å². The maximum Gasteiger partial charge on any atom is 0.227 e. The summed E-state index contributed by atoms with van der Waals surface area (Å²) in [6, 6.07) is 9.19. The smallest absolute Gasteiger partial charge is 0.227 e. The van der Waals surface area contributed by atoms with Gasteiger partial charge in [0.15, 0.2) is 0 Å². The van der Waals surface area contributed by atoms with E-state index in [0.29, 0.717) is 11.3 Å². The van der Waals surface area contributed by atoms with Gasteiger partial charge in [-0.1, -0.05) is 12.1 Å². The van der Waals surface area contributed by atoms with Crippen molar-refractivity contribution < 1.29 is 4.79 Å². The SMILES string of the molecule is CN1CCC(C(=O)Nc2ccccc2C#N)CC1. The Labute approximate surface area is 107 Å². The van der Waals surface area contributed by atoms with Crippen molar-refractivity contribution in [1.82, 2.24) is 4.90 Å². The maximum absolute atomic E-state index is 12.1. The molecule has 0 spiro atoms. The maximum atomic E-state index is 12.1. The molecule has 94 valence electrons. The Morgan fingerprint density at radius 3 is 2.72 bits per heavy atom. The fraction of sp³-hybridized carbons (Fsp3) is 0.429. The number of nitrogens with one attached hydrogen (secondary N) is 1. The number of benzene rings is 1. The normalized spacial score (nSPS) is 17.1. The highest BCUT2D eigenvalue weighted by Crippen LogP contribution is 2.20. The summed E-state index contributed by atoms with van der Waals surface area (Å²) in [6.45, 7) is 1.91. The molecule has 18 heavy (non-hydrogen) atoms. The summed E-state index contributed by atoms with van der Waals surface area (Å²) in [6.07, 6.45) is 1.77. The van der Waals surface area contributed by atoms with Crippen molar-refractivity contribution in [3.63, 3.8) is 0 Å². The van der Waals surface area contributed by atoms with Gasteiger partial charge in [0.1, 0.15) is 6.07 Å². The van der Waals surface area contributed by atoms with Crippen LogP contribution in [0.3, 0.4) is 0 Å². The first-order valence-corrected chi connectivity index (χ1v) is 6.19. The summed E-state index contributed by atoms with van der Waals surface area (Å²) in [5, 5.41) is 11.8. The number of para-hydroxylation sites is 1. The molecule has 0 saturated carbocycles. The van der Waals surface area contributed by atoms with Crippen molar-refractivity contribution in [1.29, 1.82) is 5.26 Å². The number of carbonyl (C=O) groups is 1. The summed E-state index contributed by atoms with van der Waals surface area (Å²) in [7, 11) is 2.07. The van der Waals surface area contributed by atoms with Crippen molar-refractivity contribution in [2.75, 3.05) is 25.5 Å². The predicted octanol–water partition coefficient (Wildman–Crippen LogP) is 1.84. The first kappa shape index (κ1) is 12.6. The van der Waals surface area contributed by atoms with E-state index < -0.39 is 0 Å². The van der Waals surface area contributed by atoms with Gasteiger partial charge in [0.2, 0.25) is 5.91 Å². The van der Waals surface area contributed by atoms with Gasteiger partial charge in [0.05, 0.1) is 11.3 Å². The summed E-state index contributed by atoms with van der Waals surface area (Å²) < 4.78 is 0. The molecule has 4 heteroatoms. The van der Waals surface area contributed by atoms with Gasteiger partial charge in [0, 0.05) is 5.92 Å². The van der Waals surface area contributed by atoms with Crippen LogP contribution in [0, 0.1) is 17.2 Å². The Bertz CT molecular complexity index is 470. The molecule has 1 N–H and O–H groups in total. The molecule has 1 aromatic carbocycles. The fourth-order valence-electron chi connectivity index (χ4n) is 2.20. The minimum Gasteiger partial charge on any atom is -0.325 e. The number of amides is 1. The monoisotopic (exact) mass is 243 g/mol. The number of likely N-dealkylation sites (tertiary alicyclic amines) is 1. The second-order valence-corrected chi connectivity index (χ2v) is 4.72. The van der Waals surface area contributed by atoms with Crippen LogP contribution in [0.5, 0.6) is 0 Å². The van der Waals surface area contributed by atoms with E-state index >= 15 is 0 Å². The van der Waals surface area contributed by atoms with E-state index in [4.69, 9.17) is 5.26 Å². The highest BCUT2D eigenvalue weighted by atomic mass is 16.1. The molecular weight excluding hydrogens is 226 g/mol. The van der Waals surface area contributed by atoms with Crippen LogP contribution in [0.4, 0.5) is 5.69 Å². The lowest BCUT2D eigenvalue weighted by Crippen LogP contribution is -2.36. The quantitative estimate of drug-likeness (QED) is 0.862. The van der Waals surface area contributed by atoms with E-state index in [1.165, 1.54) is 0 Å². The molecule has 1 fully saturated rings. The molecule has 0 aromatic heterocycles. The fourth-order valence-corrected chi connectivity index (χ4v) is 2.20. The minimum atomic E-state index is 0.0331. The number of carbonyl (C=O) groups excluding carboxylic acids is 1. The molecule has 0 aliphatic carbocycles. The van der Waals surface area contributed by atoms with Gasteiger partial charge in [-0.15, -0.1) is 0 Å². The third kappa shape index (κ3) is 2.88. The van der Waals surface area contributed by atoms with Crippen molar-refractivity contribution in [3.05, 3.63) is 29.8 Å². The molecule has 2 rings (SSSR count). The Kier molecular flexibility index (Phi) is 3.96. The summed E-state index contributed by atoms with van der Waals surface area (Å²) in [5.41, 5.74) is 1.13. The lowest BCUT2D eigenvalue weighted by molar-refractivity contribution is -0.121. The van der Waals surface area contributed by atoms with Gasteiger partial charge >= 0.3 is 0 Å². The number of anilines is 1. The summed E-state index contributed by atoms with van der Waals surface area (Å²) in [4.78, 5) is 14.3. The van der Waals surface area contributed by atoms with E-state index in [-0.39, 0.29) is 11.8 Å². The largest absolute Gasteiger partial charge is 0.325 e.